The Bertz CT molecular complexity index is 1060. The van der Waals surface area contributed by atoms with Crippen molar-refractivity contribution < 1.29 is 9.59 Å². The zero-order valence-electron chi connectivity index (χ0n) is 13.1. The van der Waals surface area contributed by atoms with E-state index in [0.29, 0.717) is 16.8 Å². The van der Waals surface area contributed by atoms with Crippen molar-refractivity contribution in [1.82, 2.24) is 4.98 Å². The first-order valence-electron chi connectivity index (χ1n) is 7.69. The Morgan fingerprint density at radius 2 is 2.04 bits per heavy atom. The van der Waals surface area contributed by atoms with E-state index in [1.165, 1.54) is 0 Å². The minimum atomic E-state index is -0.502. The molecule has 0 aliphatic carbocycles. The summed E-state index contributed by atoms with van der Waals surface area (Å²) in [6.45, 7) is 0. The Morgan fingerprint density at radius 3 is 2.88 bits per heavy atom. The smallest absolute Gasteiger partial charge is 0.257 e. The van der Waals surface area contributed by atoms with Crippen molar-refractivity contribution >= 4 is 39.7 Å². The lowest BCUT2D eigenvalue weighted by Gasteiger charge is -2.06. The second kappa shape index (κ2) is 5.76. The molecule has 1 aliphatic heterocycles. The largest absolute Gasteiger partial charge is 0.366 e. The number of fused-ring (bicyclic) bond motifs is 3. The lowest BCUT2D eigenvalue weighted by Crippen LogP contribution is -2.11. The summed E-state index contributed by atoms with van der Waals surface area (Å²) < 4.78 is 0. The molecule has 0 bridgehead atoms. The maximum atomic E-state index is 12.4. The summed E-state index contributed by atoms with van der Waals surface area (Å²) in [7, 11) is 0. The molecule has 0 saturated carbocycles. The van der Waals surface area contributed by atoms with Gasteiger partial charge in [0.2, 0.25) is 5.91 Å². The normalized spacial score (nSPS) is 14.4. The minimum Gasteiger partial charge on any atom is -0.366 e. The van der Waals surface area contributed by atoms with Crippen LogP contribution in [0, 0.1) is 0 Å². The Labute approximate surface area is 143 Å². The Kier molecular flexibility index (Phi) is 3.43. The summed E-state index contributed by atoms with van der Waals surface area (Å²) in [6.07, 6.45) is 3.35. The van der Waals surface area contributed by atoms with E-state index < -0.39 is 5.91 Å². The van der Waals surface area contributed by atoms with Crippen LogP contribution in [0.4, 0.5) is 11.4 Å². The topological polar surface area (TPSA) is 97.1 Å². The van der Waals surface area contributed by atoms with Gasteiger partial charge in [-0.3, -0.25) is 14.6 Å². The first-order valence-corrected chi connectivity index (χ1v) is 7.69. The molecule has 4 rings (SSSR count). The summed E-state index contributed by atoms with van der Waals surface area (Å²) >= 11 is 0. The quantitative estimate of drug-likeness (QED) is 0.643. The van der Waals surface area contributed by atoms with Crippen LogP contribution in [0.15, 0.2) is 60.9 Å². The number of hydrogen-bond donors (Lipinski definition) is 3. The number of nitrogens with zero attached hydrogens (tertiary/aromatic N) is 1. The van der Waals surface area contributed by atoms with Gasteiger partial charge in [0.25, 0.3) is 5.91 Å². The summed E-state index contributed by atoms with van der Waals surface area (Å²) in [6, 6.07) is 14.3. The van der Waals surface area contributed by atoms with E-state index in [-0.39, 0.29) is 5.91 Å². The monoisotopic (exact) mass is 330 g/mol. The van der Waals surface area contributed by atoms with Crippen molar-refractivity contribution in [2.24, 2.45) is 5.73 Å². The first-order chi connectivity index (χ1) is 12.1. The van der Waals surface area contributed by atoms with Crippen molar-refractivity contribution in [3.63, 3.8) is 0 Å². The van der Waals surface area contributed by atoms with Crippen LogP contribution >= 0.6 is 0 Å². The van der Waals surface area contributed by atoms with Gasteiger partial charge in [-0.1, -0.05) is 12.1 Å². The van der Waals surface area contributed by atoms with Gasteiger partial charge in [0.15, 0.2) is 0 Å². The van der Waals surface area contributed by atoms with Gasteiger partial charge in [0, 0.05) is 40.3 Å². The standard InChI is InChI=1S/C19H14N4O2/c20-18(24)11-3-1-4-12(9-11)22-10-14-17-13-5-2-8-21-15(13)6-7-16(17)23-19(14)25/h1-10,22H,(H2,20,24)(H,23,25). The maximum Gasteiger partial charge on any atom is 0.257 e. The number of nitrogens with two attached hydrogens (primary N) is 1. The minimum absolute atomic E-state index is 0.190. The molecule has 4 N–H and O–H groups in total. The third-order valence-electron chi connectivity index (χ3n) is 4.08. The molecule has 0 atom stereocenters. The van der Waals surface area contributed by atoms with Crippen molar-refractivity contribution in [1.29, 1.82) is 0 Å². The van der Waals surface area contributed by atoms with Crippen LogP contribution in [-0.4, -0.2) is 16.8 Å². The van der Waals surface area contributed by atoms with Crippen molar-refractivity contribution in [3.05, 3.63) is 72.1 Å². The van der Waals surface area contributed by atoms with E-state index in [0.717, 1.165) is 22.2 Å². The van der Waals surface area contributed by atoms with E-state index in [4.69, 9.17) is 5.73 Å². The van der Waals surface area contributed by atoms with Crippen molar-refractivity contribution in [2.75, 3.05) is 10.6 Å². The van der Waals surface area contributed by atoms with Gasteiger partial charge < -0.3 is 16.4 Å². The van der Waals surface area contributed by atoms with E-state index >= 15 is 0 Å². The number of primary amides is 1. The molecular formula is C19H14N4O2. The van der Waals surface area contributed by atoms with Crippen LogP contribution in [-0.2, 0) is 4.79 Å². The summed E-state index contributed by atoms with van der Waals surface area (Å²) in [5.74, 6) is -0.692. The second-order valence-corrected chi connectivity index (χ2v) is 5.66. The van der Waals surface area contributed by atoms with Crippen molar-refractivity contribution in [2.45, 2.75) is 0 Å². The van der Waals surface area contributed by atoms with Crippen LogP contribution in [0.25, 0.3) is 16.5 Å². The predicted octanol–water partition coefficient (Wildman–Crippen LogP) is 2.74. The SMILES string of the molecule is NC(=O)c1cccc(NC=C2C(=O)Nc3ccc4ncccc4c32)c1. The number of pyridine rings is 1. The summed E-state index contributed by atoms with van der Waals surface area (Å²) in [5, 5.41) is 6.82. The number of anilines is 2. The molecule has 6 heteroatoms. The number of carbonyl (C=O) groups is 2. The molecule has 0 fully saturated rings. The van der Waals surface area contributed by atoms with E-state index in [1.54, 1.807) is 36.7 Å². The first kappa shape index (κ1) is 14.9. The number of hydrogen-bond acceptors (Lipinski definition) is 4. The fourth-order valence-corrected chi connectivity index (χ4v) is 2.91. The lowest BCUT2D eigenvalue weighted by molar-refractivity contribution is -0.110. The summed E-state index contributed by atoms with van der Waals surface area (Å²) in [5.41, 5.74) is 9.26. The third-order valence-corrected chi connectivity index (χ3v) is 4.08. The molecular weight excluding hydrogens is 316 g/mol. The van der Waals surface area contributed by atoms with Crippen LogP contribution in [0.5, 0.6) is 0 Å². The van der Waals surface area contributed by atoms with Gasteiger partial charge >= 0.3 is 0 Å². The molecule has 25 heavy (non-hydrogen) atoms. The van der Waals surface area contributed by atoms with Gasteiger partial charge in [-0.05, 0) is 36.4 Å². The highest BCUT2D eigenvalue weighted by Gasteiger charge is 2.26. The molecule has 2 aromatic carbocycles. The number of nitrogens with one attached hydrogen (secondary N) is 2. The number of benzene rings is 2. The number of rotatable bonds is 3. The summed E-state index contributed by atoms with van der Waals surface area (Å²) in [4.78, 5) is 28.0. The Hall–Kier alpha value is -3.67. The van der Waals surface area contributed by atoms with Crippen LogP contribution in [0.3, 0.4) is 0 Å². The lowest BCUT2D eigenvalue weighted by atomic mass is 10.0. The number of amides is 2. The van der Waals surface area contributed by atoms with Crippen LogP contribution in [0.1, 0.15) is 15.9 Å². The van der Waals surface area contributed by atoms with Gasteiger partial charge in [-0.25, -0.2) is 0 Å². The Morgan fingerprint density at radius 1 is 1.16 bits per heavy atom. The molecule has 0 unspecified atom stereocenters. The van der Waals surface area contributed by atoms with E-state index in [9.17, 15) is 9.59 Å². The predicted molar refractivity (Wildman–Crippen MR) is 96.9 cm³/mol. The van der Waals surface area contributed by atoms with Gasteiger partial charge in [-0.15, -0.1) is 0 Å². The highest BCUT2D eigenvalue weighted by Crippen LogP contribution is 2.37. The van der Waals surface area contributed by atoms with Gasteiger partial charge in [0.05, 0.1) is 11.1 Å². The Balaban J connectivity index is 1.76. The number of aromatic nitrogens is 1. The maximum absolute atomic E-state index is 12.4. The molecule has 0 saturated heterocycles. The highest BCUT2D eigenvalue weighted by molar-refractivity contribution is 6.34. The fraction of sp³-hybridized carbons (Fsp3) is 0. The molecule has 2 amide bonds. The highest BCUT2D eigenvalue weighted by atomic mass is 16.2. The molecule has 0 spiro atoms. The fourth-order valence-electron chi connectivity index (χ4n) is 2.91. The molecule has 2 heterocycles. The van der Waals surface area contributed by atoms with Gasteiger partial charge in [0.1, 0.15) is 0 Å². The van der Waals surface area contributed by atoms with E-state index in [2.05, 4.69) is 15.6 Å². The van der Waals surface area contributed by atoms with Crippen LogP contribution < -0.4 is 16.4 Å². The average Bonchev–Trinajstić information content (AvgIpc) is 2.96. The second-order valence-electron chi connectivity index (χ2n) is 5.66. The average molecular weight is 330 g/mol. The van der Waals surface area contributed by atoms with Crippen LogP contribution in [0.2, 0.25) is 0 Å². The molecule has 0 radical (unpaired) electrons. The van der Waals surface area contributed by atoms with Crippen molar-refractivity contribution in [3.8, 4) is 0 Å². The van der Waals surface area contributed by atoms with E-state index in [1.807, 2.05) is 24.3 Å². The van der Waals surface area contributed by atoms with Gasteiger partial charge in [-0.2, -0.15) is 0 Å². The third kappa shape index (κ3) is 2.59. The molecule has 3 aromatic rings. The molecule has 122 valence electrons. The molecule has 1 aromatic heterocycles. The molecule has 6 nitrogen and oxygen atoms in total. The number of carbonyl (C=O) groups excluding carboxylic acids is 2. The molecule has 1 aliphatic rings. The zero-order chi connectivity index (χ0) is 17.4. The zero-order valence-corrected chi connectivity index (χ0v) is 13.1.